The van der Waals surface area contributed by atoms with E-state index in [-0.39, 0.29) is 12.0 Å². The van der Waals surface area contributed by atoms with E-state index in [2.05, 4.69) is 4.98 Å². The summed E-state index contributed by atoms with van der Waals surface area (Å²) < 4.78 is 13.6. The van der Waals surface area contributed by atoms with Gasteiger partial charge < -0.3 is 5.11 Å². The van der Waals surface area contributed by atoms with E-state index in [1.807, 2.05) is 0 Å². The Morgan fingerprint density at radius 3 is 2.83 bits per heavy atom. The Morgan fingerprint density at radius 1 is 1.33 bits per heavy atom. The number of halogens is 2. The van der Waals surface area contributed by atoms with Gasteiger partial charge in [-0.3, -0.25) is 4.98 Å². The highest BCUT2D eigenvalue weighted by atomic mass is 35.5. The number of hydrogen-bond donors (Lipinski definition) is 1. The van der Waals surface area contributed by atoms with Crippen molar-refractivity contribution in [1.82, 2.24) is 4.98 Å². The topological polar surface area (TPSA) is 50.2 Å². The first-order chi connectivity index (χ1) is 8.58. The first kappa shape index (κ1) is 12.5. The molecule has 0 aliphatic heterocycles. The van der Waals surface area contributed by atoms with Crippen LogP contribution in [0.4, 0.5) is 4.39 Å². The molecule has 0 saturated heterocycles. The van der Waals surface area contributed by atoms with Gasteiger partial charge in [-0.25, -0.2) is 9.18 Å². The maximum absolute atomic E-state index is 13.6. The van der Waals surface area contributed by atoms with E-state index in [1.165, 1.54) is 36.7 Å². The Labute approximate surface area is 108 Å². The number of aromatic nitrogens is 1. The van der Waals surface area contributed by atoms with Crippen molar-refractivity contribution >= 4 is 17.6 Å². The van der Waals surface area contributed by atoms with Crippen molar-refractivity contribution in [1.29, 1.82) is 0 Å². The molecule has 0 unspecified atom stereocenters. The van der Waals surface area contributed by atoms with E-state index in [4.69, 9.17) is 16.7 Å². The lowest BCUT2D eigenvalue weighted by Gasteiger charge is -2.06. The van der Waals surface area contributed by atoms with Gasteiger partial charge in [-0.2, -0.15) is 0 Å². The van der Waals surface area contributed by atoms with Crippen LogP contribution >= 0.6 is 11.6 Å². The molecule has 0 atom stereocenters. The van der Waals surface area contributed by atoms with E-state index in [9.17, 15) is 9.18 Å². The Balaban J connectivity index is 2.40. The highest BCUT2D eigenvalue weighted by Crippen LogP contribution is 2.19. The molecule has 1 aromatic heterocycles. The molecular weight excluding hydrogens is 257 g/mol. The van der Waals surface area contributed by atoms with Crippen LogP contribution < -0.4 is 0 Å². The van der Waals surface area contributed by atoms with Gasteiger partial charge >= 0.3 is 5.97 Å². The molecule has 0 spiro atoms. The third kappa shape index (κ3) is 2.65. The van der Waals surface area contributed by atoms with Crippen LogP contribution in [0.15, 0.2) is 36.7 Å². The van der Waals surface area contributed by atoms with Crippen molar-refractivity contribution in [3.8, 4) is 0 Å². The summed E-state index contributed by atoms with van der Waals surface area (Å²) in [5.41, 5.74) is 0.911. The molecule has 92 valence electrons. The Bertz CT molecular complexity index is 601. The SMILES string of the molecule is O=C(O)c1ccncc1Cc1cc(Cl)ccc1F. The third-order valence-corrected chi connectivity index (χ3v) is 2.76. The molecule has 1 heterocycles. The molecule has 1 N–H and O–H groups in total. The molecule has 0 aliphatic carbocycles. The lowest BCUT2D eigenvalue weighted by atomic mass is 10.0. The molecule has 5 heteroatoms. The van der Waals surface area contributed by atoms with Crippen molar-refractivity contribution in [2.45, 2.75) is 6.42 Å². The first-order valence-corrected chi connectivity index (χ1v) is 5.56. The molecule has 18 heavy (non-hydrogen) atoms. The second-order valence-corrected chi connectivity index (χ2v) is 4.19. The first-order valence-electron chi connectivity index (χ1n) is 5.18. The highest BCUT2D eigenvalue weighted by Gasteiger charge is 2.12. The summed E-state index contributed by atoms with van der Waals surface area (Å²) in [6.07, 6.45) is 2.95. The normalized spacial score (nSPS) is 10.3. The van der Waals surface area contributed by atoms with Gasteiger partial charge in [-0.1, -0.05) is 11.6 Å². The third-order valence-electron chi connectivity index (χ3n) is 2.52. The highest BCUT2D eigenvalue weighted by molar-refractivity contribution is 6.30. The number of carboxylic acids is 1. The molecule has 1 aromatic carbocycles. The quantitative estimate of drug-likeness (QED) is 0.927. The monoisotopic (exact) mass is 265 g/mol. The lowest BCUT2D eigenvalue weighted by molar-refractivity contribution is 0.0695. The molecular formula is C13H9ClFNO2. The molecule has 0 bridgehead atoms. The number of hydrogen-bond acceptors (Lipinski definition) is 2. The van der Waals surface area contributed by atoms with Crippen molar-refractivity contribution < 1.29 is 14.3 Å². The van der Waals surface area contributed by atoms with Gasteiger partial charge in [0.15, 0.2) is 0 Å². The lowest BCUT2D eigenvalue weighted by Crippen LogP contribution is -2.04. The predicted octanol–water partition coefficient (Wildman–Crippen LogP) is 3.16. The summed E-state index contributed by atoms with van der Waals surface area (Å²) >= 11 is 5.79. The van der Waals surface area contributed by atoms with Gasteiger partial charge in [-0.05, 0) is 35.4 Å². The summed E-state index contributed by atoms with van der Waals surface area (Å²) in [5.74, 6) is -1.48. The standard InChI is InChI=1S/C13H9ClFNO2/c14-10-1-2-12(15)8(6-10)5-9-7-16-4-3-11(9)13(17)18/h1-4,6-7H,5H2,(H,17,18). The van der Waals surface area contributed by atoms with E-state index in [0.29, 0.717) is 16.1 Å². The Kier molecular flexibility index (Phi) is 3.58. The Hall–Kier alpha value is -1.94. The second kappa shape index (κ2) is 5.14. The number of rotatable bonds is 3. The summed E-state index contributed by atoms with van der Waals surface area (Å²) in [4.78, 5) is 14.9. The summed E-state index contributed by atoms with van der Waals surface area (Å²) in [6.45, 7) is 0. The smallest absolute Gasteiger partial charge is 0.336 e. The van der Waals surface area contributed by atoms with Crippen LogP contribution in [-0.2, 0) is 6.42 Å². The summed E-state index contributed by atoms with van der Waals surface area (Å²) in [7, 11) is 0. The summed E-state index contributed by atoms with van der Waals surface area (Å²) in [5, 5.41) is 9.43. The number of benzene rings is 1. The Morgan fingerprint density at radius 2 is 2.11 bits per heavy atom. The fraction of sp³-hybridized carbons (Fsp3) is 0.0769. The van der Waals surface area contributed by atoms with Crippen LogP contribution in [0.3, 0.4) is 0 Å². The molecule has 0 saturated carbocycles. The van der Waals surface area contributed by atoms with E-state index in [0.717, 1.165) is 0 Å². The van der Waals surface area contributed by atoms with Crippen LogP contribution in [0.1, 0.15) is 21.5 Å². The minimum absolute atomic E-state index is 0.115. The molecule has 0 amide bonds. The van der Waals surface area contributed by atoms with Crippen molar-refractivity contribution in [2.75, 3.05) is 0 Å². The van der Waals surface area contributed by atoms with Gasteiger partial charge in [0.25, 0.3) is 0 Å². The van der Waals surface area contributed by atoms with Crippen LogP contribution in [0.2, 0.25) is 5.02 Å². The van der Waals surface area contributed by atoms with E-state index >= 15 is 0 Å². The van der Waals surface area contributed by atoms with Crippen molar-refractivity contribution in [3.63, 3.8) is 0 Å². The van der Waals surface area contributed by atoms with E-state index in [1.54, 1.807) is 0 Å². The second-order valence-electron chi connectivity index (χ2n) is 3.75. The van der Waals surface area contributed by atoms with Gasteiger partial charge in [0.2, 0.25) is 0 Å². The van der Waals surface area contributed by atoms with Gasteiger partial charge in [0.1, 0.15) is 5.82 Å². The maximum Gasteiger partial charge on any atom is 0.336 e. The molecule has 2 rings (SSSR count). The number of pyridine rings is 1. The van der Waals surface area contributed by atoms with E-state index < -0.39 is 11.8 Å². The van der Waals surface area contributed by atoms with Crippen molar-refractivity contribution in [3.05, 3.63) is 64.2 Å². The van der Waals surface area contributed by atoms with Gasteiger partial charge in [0.05, 0.1) is 5.56 Å². The maximum atomic E-state index is 13.6. The molecule has 0 fully saturated rings. The van der Waals surface area contributed by atoms with Gasteiger partial charge in [-0.15, -0.1) is 0 Å². The number of nitrogens with zero attached hydrogens (tertiary/aromatic N) is 1. The number of carboxylic acid groups (broad SMARTS) is 1. The number of carbonyl (C=O) groups is 1. The molecule has 0 radical (unpaired) electrons. The van der Waals surface area contributed by atoms with Crippen LogP contribution in [-0.4, -0.2) is 16.1 Å². The largest absolute Gasteiger partial charge is 0.478 e. The zero-order valence-corrected chi connectivity index (χ0v) is 9.99. The van der Waals surface area contributed by atoms with Crippen LogP contribution in [0.5, 0.6) is 0 Å². The van der Waals surface area contributed by atoms with Gasteiger partial charge in [0, 0.05) is 23.8 Å². The molecule has 0 aliphatic rings. The average molecular weight is 266 g/mol. The zero-order chi connectivity index (χ0) is 13.1. The minimum atomic E-state index is -1.06. The fourth-order valence-electron chi connectivity index (χ4n) is 1.66. The van der Waals surface area contributed by atoms with Crippen molar-refractivity contribution in [2.24, 2.45) is 0 Å². The average Bonchev–Trinajstić information content (AvgIpc) is 2.34. The molecule has 3 nitrogen and oxygen atoms in total. The summed E-state index contributed by atoms with van der Waals surface area (Å²) in [6, 6.07) is 5.58. The molecule has 2 aromatic rings. The predicted molar refractivity (Wildman–Crippen MR) is 65.4 cm³/mol. The minimum Gasteiger partial charge on any atom is -0.478 e. The fourth-order valence-corrected chi connectivity index (χ4v) is 1.86. The van der Waals surface area contributed by atoms with Crippen LogP contribution in [0.25, 0.3) is 0 Å². The van der Waals surface area contributed by atoms with Crippen LogP contribution in [0, 0.1) is 5.82 Å². The number of aromatic carboxylic acids is 1. The zero-order valence-electron chi connectivity index (χ0n) is 9.23.